The molecule has 0 aliphatic carbocycles. The summed E-state index contributed by atoms with van der Waals surface area (Å²) in [6.07, 6.45) is 0.726. The molecular formula is C12H14N2O5. The second-order valence-electron chi connectivity index (χ2n) is 3.65. The molecule has 7 nitrogen and oxygen atoms in total. The van der Waals surface area contributed by atoms with Crippen molar-refractivity contribution < 1.29 is 24.2 Å². The molecule has 0 spiro atoms. The number of carbonyl (C=O) groups is 3. The van der Waals surface area contributed by atoms with Gasteiger partial charge in [0.05, 0.1) is 12.3 Å². The summed E-state index contributed by atoms with van der Waals surface area (Å²) in [5.74, 6) is -3.52. The third-order valence-electron chi connectivity index (χ3n) is 2.18. The SMILES string of the molecule is CCCOc1cccc(NC(=O)C(=O)O)c1C(N)=O. The molecule has 0 atom stereocenters. The lowest BCUT2D eigenvalue weighted by Crippen LogP contribution is -2.24. The first kappa shape index (κ1) is 14.5. The van der Waals surface area contributed by atoms with Gasteiger partial charge in [0.15, 0.2) is 0 Å². The van der Waals surface area contributed by atoms with Crippen LogP contribution in [0.2, 0.25) is 0 Å². The summed E-state index contributed by atoms with van der Waals surface area (Å²) in [6.45, 7) is 2.26. The number of carbonyl (C=O) groups excluding carboxylic acids is 2. The normalized spacial score (nSPS) is 9.74. The van der Waals surface area contributed by atoms with Gasteiger partial charge in [-0.3, -0.25) is 9.59 Å². The molecule has 0 unspecified atom stereocenters. The van der Waals surface area contributed by atoms with Crippen molar-refractivity contribution in [2.24, 2.45) is 5.73 Å². The fourth-order valence-corrected chi connectivity index (χ4v) is 1.40. The molecule has 19 heavy (non-hydrogen) atoms. The van der Waals surface area contributed by atoms with Gasteiger partial charge in [-0.1, -0.05) is 13.0 Å². The highest BCUT2D eigenvalue weighted by atomic mass is 16.5. The van der Waals surface area contributed by atoms with Gasteiger partial charge in [0.1, 0.15) is 11.3 Å². The molecule has 2 amide bonds. The molecule has 4 N–H and O–H groups in total. The molecule has 0 aromatic heterocycles. The molecular weight excluding hydrogens is 252 g/mol. The van der Waals surface area contributed by atoms with Gasteiger partial charge in [-0.05, 0) is 18.6 Å². The van der Waals surface area contributed by atoms with Gasteiger partial charge in [-0.25, -0.2) is 4.79 Å². The predicted molar refractivity (Wildman–Crippen MR) is 67.0 cm³/mol. The van der Waals surface area contributed by atoms with E-state index in [1.165, 1.54) is 18.2 Å². The van der Waals surface area contributed by atoms with E-state index >= 15 is 0 Å². The minimum atomic E-state index is -1.66. The number of primary amides is 1. The van der Waals surface area contributed by atoms with Gasteiger partial charge in [0.2, 0.25) is 0 Å². The Morgan fingerprint density at radius 3 is 2.58 bits per heavy atom. The highest BCUT2D eigenvalue weighted by Crippen LogP contribution is 2.26. The van der Waals surface area contributed by atoms with Crippen molar-refractivity contribution in [3.8, 4) is 5.75 Å². The Labute approximate surface area is 109 Å². The maximum atomic E-state index is 11.4. The van der Waals surface area contributed by atoms with Gasteiger partial charge >= 0.3 is 11.9 Å². The van der Waals surface area contributed by atoms with Crippen LogP contribution < -0.4 is 15.8 Å². The molecule has 0 fully saturated rings. The molecule has 0 heterocycles. The molecule has 0 aliphatic heterocycles. The van der Waals surface area contributed by atoms with Crippen LogP contribution in [0, 0.1) is 0 Å². The Bertz CT molecular complexity index is 513. The Morgan fingerprint density at radius 1 is 1.37 bits per heavy atom. The molecule has 1 aromatic carbocycles. The fourth-order valence-electron chi connectivity index (χ4n) is 1.40. The van der Waals surface area contributed by atoms with Crippen LogP contribution in [0.4, 0.5) is 5.69 Å². The van der Waals surface area contributed by atoms with Crippen LogP contribution >= 0.6 is 0 Å². The van der Waals surface area contributed by atoms with E-state index in [1.54, 1.807) is 0 Å². The van der Waals surface area contributed by atoms with E-state index in [0.717, 1.165) is 6.42 Å². The molecule has 1 aromatic rings. The molecule has 0 radical (unpaired) electrons. The van der Waals surface area contributed by atoms with Crippen molar-refractivity contribution >= 4 is 23.5 Å². The van der Waals surface area contributed by atoms with Crippen LogP contribution in [-0.2, 0) is 9.59 Å². The van der Waals surface area contributed by atoms with E-state index in [2.05, 4.69) is 5.32 Å². The van der Waals surface area contributed by atoms with Gasteiger partial charge in [-0.15, -0.1) is 0 Å². The number of rotatable bonds is 5. The van der Waals surface area contributed by atoms with E-state index in [-0.39, 0.29) is 17.0 Å². The number of ether oxygens (including phenoxy) is 1. The standard InChI is InChI=1S/C12H14N2O5/c1-2-6-19-8-5-3-4-7(9(8)10(13)15)14-11(16)12(17)18/h3-5H,2,6H2,1H3,(H2,13,15)(H,14,16)(H,17,18). The molecule has 0 saturated carbocycles. The van der Waals surface area contributed by atoms with Crippen LogP contribution in [0.15, 0.2) is 18.2 Å². The first-order valence-corrected chi connectivity index (χ1v) is 5.57. The third-order valence-corrected chi connectivity index (χ3v) is 2.18. The second kappa shape index (κ2) is 6.39. The average Bonchev–Trinajstić information content (AvgIpc) is 2.35. The Hall–Kier alpha value is -2.57. The minimum Gasteiger partial charge on any atom is -0.493 e. The molecule has 1 rings (SSSR count). The number of carboxylic acids is 1. The maximum Gasteiger partial charge on any atom is 0.394 e. The zero-order valence-electron chi connectivity index (χ0n) is 10.3. The first-order chi connectivity index (χ1) is 8.97. The number of carboxylic acid groups (broad SMARTS) is 1. The second-order valence-corrected chi connectivity index (χ2v) is 3.65. The lowest BCUT2D eigenvalue weighted by atomic mass is 10.1. The maximum absolute atomic E-state index is 11.4. The lowest BCUT2D eigenvalue weighted by Gasteiger charge is -2.12. The lowest BCUT2D eigenvalue weighted by molar-refractivity contribution is -0.147. The van der Waals surface area contributed by atoms with Crippen LogP contribution in [0.1, 0.15) is 23.7 Å². The summed E-state index contributed by atoms with van der Waals surface area (Å²) in [7, 11) is 0. The highest BCUT2D eigenvalue weighted by molar-refractivity contribution is 6.36. The minimum absolute atomic E-state index is 0.00787. The van der Waals surface area contributed by atoms with Crippen molar-refractivity contribution in [3.63, 3.8) is 0 Å². The van der Waals surface area contributed by atoms with Gasteiger partial charge in [0.25, 0.3) is 5.91 Å². The van der Waals surface area contributed by atoms with Crippen molar-refractivity contribution in [3.05, 3.63) is 23.8 Å². The highest BCUT2D eigenvalue weighted by Gasteiger charge is 2.19. The topological polar surface area (TPSA) is 119 Å². The number of amides is 2. The summed E-state index contributed by atoms with van der Waals surface area (Å²) in [6, 6.07) is 4.42. The van der Waals surface area contributed by atoms with E-state index < -0.39 is 17.8 Å². The van der Waals surface area contributed by atoms with E-state index in [1.807, 2.05) is 6.92 Å². The third kappa shape index (κ3) is 3.70. The van der Waals surface area contributed by atoms with Crippen molar-refractivity contribution in [2.75, 3.05) is 11.9 Å². The van der Waals surface area contributed by atoms with Gasteiger partial charge in [0, 0.05) is 0 Å². The largest absolute Gasteiger partial charge is 0.493 e. The molecule has 102 valence electrons. The monoisotopic (exact) mass is 266 g/mol. The summed E-state index contributed by atoms with van der Waals surface area (Å²) in [5, 5.41) is 10.6. The molecule has 0 saturated heterocycles. The van der Waals surface area contributed by atoms with Crippen LogP contribution in [-0.4, -0.2) is 29.5 Å². The first-order valence-electron chi connectivity index (χ1n) is 5.57. The number of hydrogen-bond acceptors (Lipinski definition) is 4. The van der Waals surface area contributed by atoms with Crippen molar-refractivity contribution in [1.29, 1.82) is 0 Å². The van der Waals surface area contributed by atoms with Gasteiger partial charge in [-0.2, -0.15) is 0 Å². The van der Waals surface area contributed by atoms with Crippen LogP contribution in [0.3, 0.4) is 0 Å². The zero-order valence-corrected chi connectivity index (χ0v) is 10.3. The van der Waals surface area contributed by atoms with E-state index in [9.17, 15) is 14.4 Å². The Kier molecular flexibility index (Phi) is 4.87. The number of aliphatic carboxylic acids is 1. The van der Waals surface area contributed by atoms with Crippen molar-refractivity contribution in [1.82, 2.24) is 0 Å². The van der Waals surface area contributed by atoms with Crippen molar-refractivity contribution in [2.45, 2.75) is 13.3 Å². The van der Waals surface area contributed by atoms with Gasteiger partial charge < -0.3 is 20.9 Å². The summed E-state index contributed by atoms with van der Waals surface area (Å²) < 4.78 is 5.33. The molecule has 7 heteroatoms. The number of hydrogen-bond donors (Lipinski definition) is 3. The zero-order chi connectivity index (χ0) is 14.4. The van der Waals surface area contributed by atoms with E-state index in [0.29, 0.717) is 6.61 Å². The summed E-state index contributed by atoms with van der Waals surface area (Å²) >= 11 is 0. The summed E-state index contributed by atoms with van der Waals surface area (Å²) in [5.41, 5.74) is 5.18. The number of benzene rings is 1. The smallest absolute Gasteiger partial charge is 0.394 e. The van der Waals surface area contributed by atoms with Crippen LogP contribution in [0.25, 0.3) is 0 Å². The number of nitrogens with two attached hydrogens (primary N) is 1. The Balaban J connectivity index is 3.13. The number of nitrogens with one attached hydrogen (secondary N) is 1. The van der Waals surface area contributed by atoms with E-state index in [4.69, 9.17) is 15.6 Å². The summed E-state index contributed by atoms with van der Waals surface area (Å²) in [4.78, 5) is 33.0. The molecule has 0 aliphatic rings. The van der Waals surface area contributed by atoms with Crippen LogP contribution in [0.5, 0.6) is 5.75 Å². The Morgan fingerprint density at radius 2 is 2.05 bits per heavy atom. The average molecular weight is 266 g/mol. The predicted octanol–water partition coefficient (Wildman–Crippen LogP) is 0.597. The number of anilines is 1. The quantitative estimate of drug-likeness (QED) is 0.674. The fraction of sp³-hybridized carbons (Fsp3) is 0.250. The molecule has 0 bridgehead atoms.